The maximum atomic E-state index is 9.78. The number of fused-ring (bicyclic) bond motifs is 8. The smallest absolute Gasteiger partial charge is 0.0972 e. The largest absolute Gasteiger partial charge is 0.308 e. The molecule has 0 saturated carbocycles. The van der Waals surface area contributed by atoms with Gasteiger partial charge in [-0.3, -0.25) is 4.98 Å². The van der Waals surface area contributed by atoms with E-state index >= 15 is 0 Å². The molecule has 0 fully saturated rings. The van der Waals surface area contributed by atoms with E-state index in [1.54, 1.807) is 30.3 Å². The maximum absolute atomic E-state index is 9.78. The molecule has 0 radical (unpaired) electrons. The van der Waals surface area contributed by atoms with Crippen LogP contribution in [0.4, 0.5) is 17.1 Å². The molecular weight excluding hydrogens is 621 g/mol. The van der Waals surface area contributed by atoms with Crippen LogP contribution in [0, 0.1) is 0 Å². The van der Waals surface area contributed by atoms with Crippen LogP contribution in [-0.4, -0.2) is 15.0 Å². The van der Waals surface area contributed by atoms with Gasteiger partial charge in [0.2, 0.25) is 0 Å². The van der Waals surface area contributed by atoms with Crippen molar-refractivity contribution in [2.45, 2.75) is 0 Å². The molecule has 7 aromatic carbocycles. The van der Waals surface area contributed by atoms with Gasteiger partial charge in [0, 0.05) is 55.6 Å². The highest BCUT2D eigenvalue weighted by molar-refractivity contribution is 6.25. The normalized spacial score (nSPS) is 17.6. The third kappa shape index (κ3) is 4.80. The highest BCUT2D eigenvalue weighted by Crippen LogP contribution is 2.44. The number of rotatable bonds is 5. The number of hydrogen-bond donors (Lipinski definition) is 0. The van der Waals surface area contributed by atoms with Crippen LogP contribution in [-0.2, 0) is 0 Å². The third-order valence-electron chi connectivity index (χ3n) is 8.26. The topological polar surface area (TPSA) is 41.9 Å². The predicted octanol–water partition coefficient (Wildman–Crippen LogP) is 12.4. The van der Waals surface area contributed by atoms with Gasteiger partial charge in [0.25, 0.3) is 0 Å². The van der Waals surface area contributed by atoms with Crippen molar-refractivity contribution in [3.05, 3.63) is 182 Å². The van der Waals surface area contributed by atoms with Gasteiger partial charge < -0.3 is 4.90 Å². The molecule has 4 nitrogen and oxygen atoms in total. The first-order valence-corrected chi connectivity index (χ1v) is 15.4. The van der Waals surface area contributed by atoms with E-state index in [9.17, 15) is 12.3 Å². The van der Waals surface area contributed by atoms with Gasteiger partial charge >= 0.3 is 0 Å². The van der Waals surface area contributed by atoms with Crippen molar-refractivity contribution < 1.29 is 30.2 Å². The average molecular weight is 673 g/mol. The van der Waals surface area contributed by atoms with Crippen molar-refractivity contribution in [3.8, 4) is 22.5 Å². The Hall–Kier alpha value is -6.91. The first-order chi connectivity index (χ1) is 34.4. The molecule has 238 valence electrons. The molecule has 4 heteroatoms. The highest BCUT2D eigenvalue weighted by Gasteiger charge is 2.21. The van der Waals surface area contributed by atoms with Crippen LogP contribution in [0.15, 0.2) is 182 Å². The van der Waals surface area contributed by atoms with Crippen molar-refractivity contribution in [2.75, 3.05) is 4.90 Å². The molecule has 3 heterocycles. The summed E-state index contributed by atoms with van der Waals surface area (Å²) in [5, 5.41) is -3.29. The molecule has 0 atom stereocenters. The first-order valence-electron chi connectivity index (χ1n) is 26.4. The van der Waals surface area contributed by atoms with Gasteiger partial charge in [-0.25, -0.2) is 9.97 Å². The van der Waals surface area contributed by atoms with Crippen LogP contribution >= 0.6 is 0 Å². The van der Waals surface area contributed by atoms with Crippen LogP contribution < -0.4 is 4.90 Å². The first kappa shape index (κ1) is 14.5. The van der Waals surface area contributed by atoms with Gasteiger partial charge in [-0.15, -0.1) is 0 Å². The lowest BCUT2D eigenvalue weighted by Crippen LogP contribution is -2.11. The number of para-hydroxylation sites is 3. The van der Waals surface area contributed by atoms with E-state index in [0.29, 0.717) is 0 Å². The van der Waals surface area contributed by atoms with Gasteiger partial charge in [-0.2, -0.15) is 0 Å². The van der Waals surface area contributed by atoms with Gasteiger partial charge in [0.15, 0.2) is 0 Å². The lowest BCUT2D eigenvalue weighted by Gasteiger charge is -2.27. The summed E-state index contributed by atoms with van der Waals surface area (Å²) in [5.74, 6) is 0. The van der Waals surface area contributed by atoms with Crippen LogP contribution in [0.2, 0.25) is 0 Å². The summed E-state index contributed by atoms with van der Waals surface area (Å²) in [6, 6.07) is -3.42. The molecule has 0 N–H and O–H groups in total. The minimum Gasteiger partial charge on any atom is -0.308 e. The molecule has 10 aromatic rings. The minimum atomic E-state index is -0.906. The molecule has 0 amide bonds. The van der Waals surface area contributed by atoms with Gasteiger partial charge in [-0.1, -0.05) is 133 Å². The molecule has 0 aliphatic carbocycles. The Morgan fingerprint density at radius 3 is 2.25 bits per heavy atom. The number of hydrogen-bond acceptors (Lipinski definition) is 4. The molecule has 10 rings (SSSR count). The van der Waals surface area contributed by atoms with E-state index in [2.05, 4.69) is 9.97 Å². The van der Waals surface area contributed by atoms with Crippen LogP contribution in [0.25, 0.3) is 76.8 Å². The predicted molar refractivity (Wildman–Crippen MR) is 213 cm³/mol. The van der Waals surface area contributed by atoms with Crippen molar-refractivity contribution in [2.24, 2.45) is 0 Å². The fourth-order valence-corrected chi connectivity index (χ4v) is 6.06. The number of pyridine rings is 3. The number of anilines is 3. The summed E-state index contributed by atoms with van der Waals surface area (Å²) in [4.78, 5) is 14.7. The Labute approximate surface area is 325 Å². The lowest BCUT2D eigenvalue weighted by molar-refractivity contribution is 1.28. The molecular formula is C47H30N4. The van der Waals surface area contributed by atoms with Gasteiger partial charge in [-0.05, 0) is 53.1 Å². The highest BCUT2D eigenvalue weighted by atomic mass is 15.1. The summed E-state index contributed by atoms with van der Waals surface area (Å²) < 4.78 is 199. The number of nitrogens with zero attached hydrogens (tertiary/aromatic N) is 4. The van der Waals surface area contributed by atoms with E-state index in [0.717, 1.165) is 12.1 Å². The molecule has 0 spiro atoms. The van der Waals surface area contributed by atoms with Crippen molar-refractivity contribution >= 4 is 71.3 Å². The fraction of sp³-hybridized carbons (Fsp3) is 0. The molecule has 0 saturated heterocycles. The number of aromatic nitrogens is 3. The zero-order valence-electron chi connectivity index (χ0n) is 47.9. The lowest BCUT2D eigenvalue weighted by atomic mass is 9.92. The Kier molecular flexibility index (Phi) is 3.39. The quantitative estimate of drug-likeness (QED) is 0.171. The Bertz CT molecular complexity index is 4190. The monoisotopic (exact) mass is 672 g/mol. The molecule has 0 bridgehead atoms. The molecule has 51 heavy (non-hydrogen) atoms. The second-order valence-electron chi connectivity index (χ2n) is 11.1. The summed E-state index contributed by atoms with van der Waals surface area (Å²) in [6.07, 6.45) is -0.733. The van der Waals surface area contributed by atoms with Crippen LogP contribution in [0.1, 0.15) is 30.2 Å². The Morgan fingerprint density at radius 1 is 0.471 bits per heavy atom. The van der Waals surface area contributed by atoms with E-state index in [-0.39, 0.29) is 17.4 Å². The van der Waals surface area contributed by atoms with Gasteiger partial charge in [0.1, 0.15) is 0 Å². The van der Waals surface area contributed by atoms with E-state index in [4.69, 9.17) is 22.8 Å². The summed E-state index contributed by atoms with van der Waals surface area (Å²) in [7, 11) is 0. The summed E-state index contributed by atoms with van der Waals surface area (Å²) in [6.45, 7) is 0. The second kappa shape index (κ2) is 11.9. The molecule has 3 aromatic heterocycles. The van der Waals surface area contributed by atoms with Crippen molar-refractivity contribution in [3.63, 3.8) is 0 Å². The maximum Gasteiger partial charge on any atom is 0.0972 e. The molecule has 0 aliphatic heterocycles. The van der Waals surface area contributed by atoms with Crippen molar-refractivity contribution in [1.29, 1.82) is 0 Å². The van der Waals surface area contributed by atoms with Crippen LogP contribution in [0.3, 0.4) is 0 Å². The van der Waals surface area contributed by atoms with Crippen molar-refractivity contribution in [1.82, 2.24) is 15.0 Å². The fourth-order valence-electron chi connectivity index (χ4n) is 6.06. The standard InChI is InChI=1S/C47H30N4/c1-4-13-31(14-5-1)44-40-28-27-36-37(41-29-26-33-25-24-32-15-12-30-48-45(32)46(33)49-41)20-10-21-38(36)43(40)39-22-11-23-42(47(39)50-44)51(34-16-6-2-7-17-34)35-18-8-3-9-19-35/h1-30H/i1D,4D,6D,7D,10D,11D,12D,13D,14D,15D,16D,20D,21D,22D,23D,24D,25D,26D,27D,28D,29D,30D. The van der Waals surface area contributed by atoms with E-state index < -0.39 is 209 Å². The van der Waals surface area contributed by atoms with Crippen LogP contribution in [0.5, 0.6) is 0 Å². The Morgan fingerprint density at radius 2 is 1.31 bits per heavy atom. The third-order valence-corrected chi connectivity index (χ3v) is 8.26. The zero-order chi connectivity index (χ0) is 52.9. The SMILES string of the molecule is [2H]c1cc([2H])c([2H])c(N(c2ccccc2)c2c([2H])c([2H])c([2H])c3c2nc(-c2c([2H])cc([2H])c([2H])c2[2H])c2c([2H])c([2H])c4c(-c5nc6c(c([2H])c5[2H])c([2H])c([2H])c5c([2H])c([2H])c([2H])nc56)c([2H])c([2H])c([2H])c4c23)c1. The van der Waals surface area contributed by atoms with E-state index in [1.807, 2.05) is 0 Å². The van der Waals surface area contributed by atoms with E-state index in [1.165, 1.54) is 11.0 Å². The van der Waals surface area contributed by atoms with Gasteiger partial charge in [0.05, 0.1) is 63.8 Å². The molecule has 0 unspecified atom stereocenters. The molecule has 0 aliphatic rings. The summed E-state index contributed by atoms with van der Waals surface area (Å²) >= 11 is 0. The minimum absolute atomic E-state index is 0.176. The second-order valence-corrected chi connectivity index (χ2v) is 11.1. The average Bonchev–Trinajstić information content (AvgIpc) is 3.35. The zero-order valence-corrected chi connectivity index (χ0v) is 25.9. The summed E-state index contributed by atoms with van der Waals surface area (Å²) in [5.41, 5.74) is -3.98. The Balaban J connectivity index is 1.51. The number of benzene rings is 7.